The molecule has 0 atom stereocenters. The van der Waals surface area contributed by atoms with Crippen molar-refractivity contribution < 1.29 is 4.79 Å². The molecule has 1 aromatic carbocycles. The van der Waals surface area contributed by atoms with Crippen molar-refractivity contribution in [2.75, 3.05) is 0 Å². The number of hydrogen-bond acceptors (Lipinski definition) is 2. The molecule has 0 saturated heterocycles. The van der Waals surface area contributed by atoms with Gasteiger partial charge in [-0.3, -0.25) is 9.48 Å². The highest BCUT2D eigenvalue weighted by atomic mass is 127. The lowest BCUT2D eigenvalue weighted by Gasteiger charge is -2.07. The molecule has 2 aromatic rings. The molecule has 0 aliphatic carbocycles. The SMILES string of the molecule is CCn1ncc(Br)c1C(=O)c1cc(Cl)ccc1I. The molecule has 0 fully saturated rings. The van der Waals surface area contributed by atoms with E-state index in [0.717, 1.165) is 3.57 Å². The van der Waals surface area contributed by atoms with E-state index in [-0.39, 0.29) is 5.78 Å². The highest BCUT2D eigenvalue weighted by Crippen LogP contribution is 2.24. The molecule has 0 radical (unpaired) electrons. The first-order valence-electron chi connectivity index (χ1n) is 5.25. The summed E-state index contributed by atoms with van der Waals surface area (Å²) in [5.74, 6) is -0.0758. The van der Waals surface area contributed by atoms with Crippen molar-refractivity contribution >= 4 is 55.9 Å². The molecule has 0 bridgehead atoms. The topological polar surface area (TPSA) is 34.9 Å². The predicted molar refractivity (Wildman–Crippen MR) is 83.2 cm³/mol. The lowest BCUT2D eigenvalue weighted by molar-refractivity contribution is 0.102. The molecule has 1 aromatic heterocycles. The van der Waals surface area contributed by atoms with E-state index in [4.69, 9.17) is 11.6 Å². The van der Waals surface area contributed by atoms with E-state index in [2.05, 4.69) is 43.6 Å². The van der Waals surface area contributed by atoms with Crippen molar-refractivity contribution in [3.8, 4) is 0 Å². The molecule has 0 aliphatic heterocycles. The van der Waals surface area contributed by atoms with Gasteiger partial charge in [0.2, 0.25) is 5.78 Å². The Morgan fingerprint density at radius 3 is 2.94 bits per heavy atom. The van der Waals surface area contributed by atoms with Crippen LogP contribution >= 0.6 is 50.1 Å². The Balaban J connectivity index is 2.54. The minimum absolute atomic E-state index is 0.0758. The normalized spacial score (nSPS) is 10.7. The molecule has 0 unspecified atom stereocenters. The number of aromatic nitrogens is 2. The van der Waals surface area contributed by atoms with Crippen molar-refractivity contribution in [2.45, 2.75) is 13.5 Å². The average molecular weight is 439 g/mol. The summed E-state index contributed by atoms with van der Waals surface area (Å²) in [4.78, 5) is 12.5. The van der Waals surface area contributed by atoms with Gasteiger partial charge in [0, 0.05) is 20.7 Å². The molecule has 94 valence electrons. The molecule has 0 aliphatic rings. The first kappa shape index (κ1) is 14.0. The van der Waals surface area contributed by atoms with Gasteiger partial charge in [-0.25, -0.2) is 0 Å². The van der Waals surface area contributed by atoms with E-state index in [1.165, 1.54) is 0 Å². The zero-order valence-electron chi connectivity index (χ0n) is 9.45. The van der Waals surface area contributed by atoms with Crippen LogP contribution in [0.1, 0.15) is 23.0 Å². The van der Waals surface area contributed by atoms with Crippen LogP contribution in [-0.4, -0.2) is 15.6 Å². The first-order chi connectivity index (χ1) is 8.54. The summed E-state index contributed by atoms with van der Waals surface area (Å²) >= 11 is 11.4. The number of nitrogens with zero attached hydrogens (tertiary/aromatic N) is 2. The molecular formula is C12H9BrClIN2O. The van der Waals surface area contributed by atoms with Gasteiger partial charge in [-0.2, -0.15) is 5.10 Å². The number of rotatable bonds is 3. The maximum absolute atomic E-state index is 12.5. The molecule has 2 rings (SSSR count). The minimum atomic E-state index is -0.0758. The summed E-state index contributed by atoms with van der Waals surface area (Å²) in [7, 11) is 0. The van der Waals surface area contributed by atoms with Crippen LogP contribution in [0.5, 0.6) is 0 Å². The summed E-state index contributed by atoms with van der Waals surface area (Å²) < 4.78 is 3.24. The van der Waals surface area contributed by atoms with E-state index in [9.17, 15) is 4.79 Å². The second-order valence-corrected chi connectivity index (χ2v) is 6.06. The van der Waals surface area contributed by atoms with Crippen molar-refractivity contribution in [1.82, 2.24) is 9.78 Å². The van der Waals surface area contributed by atoms with Gasteiger partial charge < -0.3 is 0 Å². The Labute approximate surface area is 132 Å². The van der Waals surface area contributed by atoms with Crippen molar-refractivity contribution in [3.05, 3.63) is 48.7 Å². The second kappa shape index (κ2) is 5.71. The summed E-state index contributed by atoms with van der Waals surface area (Å²) in [6.07, 6.45) is 1.63. The van der Waals surface area contributed by atoms with Crippen LogP contribution in [0, 0.1) is 3.57 Å². The van der Waals surface area contributed by atoms with Crippen LogP contribution in [0.25, 0.3) is 0 Å². The summed E-state index contributed by atoms with van der Waals surface area (Å²) in [5.41, 5.74) is 1.15. The Bertz CT molecular complexity index is 612. The molecule has 0 amide bonds. The molecule has 0 saturated carbocycles. The zero-order chi connectivity index (χ0) is 13.3. The highest BCUT2D eigenvalue weighted by molar-refractivity contribution is 14.1. The monoisotopic (exact) mass is 438 g/mol. The summed E-state index contributed by atoms with van der Waals surface area (Å²) in [5, 5.41) is 4.70. The van der Waals surface area contributed by atoms with Gasteiger partial charge in [0.1, 0.15) is 5.69 Å². The lowest BCUT2D eigenvalue weighted by Crippen LogP contribution is -2.12. The van der Waals surface area contributed by atoms with E-state index < -0.39 is 0 Å². The number of benzene rings is 1. The number of ketones is 1. The third-order valence-corrected chi connectivity index (χ3v) is 4.24. The van der Waals surface area contributed by atoms with Crippen molar-refractivity contribution in [2.24, 2.45) is 0 Å². The van der Waals surface area contributed by atoms with Gasteiger partial charge >= 0.3 is 0 Å². The third kappa shape index (κ3) is 2.62. The maximum Gasteiger partial charge on any atom is 0.213 e. The summed E-state index contributed by atoms with van der Waals surface area (Å²) in [6, 6.07) is 5.29. The zero-order valence-corrected chi connectivity index (χ0v) is 14.0. The van der Waals surface area contributed by atoms with Crippen LogP contribution in [0.15, 0.2) is 28.9 Å². The van der Waals surface area contributed by atoms with Crippen molar-refractivity contribution in [3.63, 3.8) is 0 Å². The van der Waals surface area contributed by atoms with Crippen LogP contribution in [0.3, 0.4) is 0 Å². The molecule has 6 heteroatoms. The fourth-order valence-electron chi connectivity index (χ4n) is 1.63. The smallest absolute Gasteiger partial charge is 0.213 e. The quantitative estimate of drug-likeness (QED) is 0.532. The van der Waals surface area contributed by atoms with Crippen LogP contribution in [0.4, 0.5) is 0 Å². The number of hydrogen-bond donors (Lipinski definition) is 0. The maximum atomic E-state index is 12.5. The Hall–Kier alpha value is -0.400. The predicted octanol–water partition coefficient (Wildman–Crippen LogP) is 4.15. The number of aryl methyl sites for hydroxylation is 1. The molecule has 3 nitrogen and oxygen atoms in total. The van der Waals surface area contributed by atoms with Crippen LogP contribution in [0.2, 0.25) is 5.02 Å². The standard InChI is InChI=1S/C12H9BrClIN2O/c1-2-17-11(9(13)6-16-17)12(18)8-5-7(14)3-4-10(8)15/h3-6H,2H2,1H3. The fourth-order valence-corrected chi connectivity index (χ4v) is 2.86. The van der Waals surface area contributed by atoms with Gasteiger partial charge in [0.05, 0.1) is 10.7 Å². The molecule has 1 heterocycles. The van der Waals surface area contributed by atoms with E-state index >= 15 is 0 Å². The molecule has 0 N–H and O–H groups in total. The fraction of sp³-hybridized carbons (Fsp3) is 0.167. The van der Waals surface area contributed by atoms with Gasteiger partial charge in [0.15, 0.2) is 0 Å². The Morgan fingerprint density at radius 2 is 2.28 bits per heavy atom. The molecule has 18 heavy (non-hydrogen) atoms. The molecular weight excluding hydrogens is 430 g/mol. The van der Waals surface area contributed by atoms with Gasteiger partial charge in [-0.05, 0) is 63.6 Å². The van der Waals surface area contributed by atoms with Crippen molar-refractivity contribution in [1.29, 1.82) is 0 Å². The lowest BCUT2D eigenvalue weighted by atomic mass is 10.1. The van der Waals surface area contributed by atoms with E-state index in [1.54, 1.807) is 23.0 Å². The minimum Gasteiger partial charge on any atom is -0.287 e. The first-order valence-corrected chi connectivity index (χ1v) is 7.50. The molecule has 0 spiro atoms. The van der Waals surface area contributed by atoms with Crippen LogP contribution in [-0.2, 0) is 6.54 Å². The second-order valence-electron chi connectivity index (χ2n) is 3.61. The number of halogens is 3. The Kier molecular flexibility index (Phi) is 4.45. The average Bonchev–Trinajstić information content (AvgIpc) is 2.72. The third-order valence-electron chi connectivity index (χ3n) is 2.48. The van der Waals surface area contributed by atoms with E-state index in [0.29, 0.717) is 27.3 Å². The summed E-state index contributed by atoms with van der Waals surface area (Å²) in [6.45, 7) is 2.59. The van der Waals surface area contributed by atoms with Gasteiger partial charge in [-0.15, -0.1) is 0 Å². The Morgan fingerprint density at radius 1 is 1.56 bits per heavy atom. The number of carbonyl (C=O) groups is 1. The highest BCUT2D eigenvalue weighted by Gasteiger charge is 2.20. The van der Waals surface area contributed by atoms with Gasteiger partial charge in [-0.1, -0.05) is 11.6 Å². The van der Waals surface area contributed by atoms with Gasteiger partial charge in [0.25, 0.3) is 0 Å². The number of carbonyl (C=O) groups excluding carboxylic acids is 1. The van der Waals surface area contributed by atoms with Crippen LogP contribution < -0.4 is 0 Å². The largest absolute Gasteiger partial charge is 0.287 e. The van der Waals surface area contributed by atoms with E-state index in [1.807, 2.05) is 13.0 Å².